The van der Waals surface area contributed by atoms with Gasteiger partial charge in [-0.15, -0.1) is 0 Å². The van der Waals surface area contributed by atoms with Gasteiger partial charge in [-0.25, -0.2) is 14.8 Å². The molecule has 0 saturated heterocycles. The Balaban J connectivity index is 1.54. The molecular formula is C30H35N7O4. The molecule has 11 nitrogen and oxygen atoms in total. The minimum Gasteiger partial charge on any atom is -0.459 e. The summed E-state index contributed by atoms with van der Waals surface area (Å²) in [4.78, 5) is 38.0. The summed E-state index contributed by atoms with van der Waals surface area (Å²) < 4.78 is 7.70. The third kappa shape index (κ3) is 5.85. The number of likely N-dealkylation sites (N-methyl/N-ethyl adjacent to an activating group) is 2. The van der Waals surface area contributed by atoms with Crippen LogP contribution in [0.1, 0.15) is 35.2 Å². The van der Waals surface area contributed by atoms with Crippen molar-refractivity contribution in [3.05, 3.63) is 70.0 Å². The lowest BCUT2D eigenvalue weighted by Crippen LogP contribution is -2.29. The fraction of sp³-hybridized carbons (Fsp3) is 0.367. The number of benzene rings is 2. The van der Waals surface area contributed by atoms with Crippen LogP contribution < -0.4 is 10.2 Å². The number of nitrogens with one attached hydrogen (secondary N) is 1. The van der Waals surface area contributed by atoms with E-state index in [4.69, 9.17) is 9.72 Å². The van der Waals surface area contributed by atoms with Crippen LogP contribution in [-0.4, -0.2) is 70.7 Å². The van der Waals surface area contributed by atoms with Gasteiger partial charge in [0, 0.05) is 62.1 Å². The number of nitro benzene ring substituents is 1. The highest BCUT2D eigenvalue weighted by atomic mass is 16.6. The van der Waals surface area contributed by atoms with E-state index in [1.54, 1.807) is 6.07 Å². The van der Waals surface area contributed by atoms with Crippen LogP contribution in [0.3, 0.4) is 0 Å². The van der Waals surface area contributed by atoms with Gasteiger partial charge in [-0.3, -0.25) is 10.1 Å². The molecule has 1 saturated carbocycles. The van der Waals surface area contributed by atoms with E-state index in [0.29, 0.717) is 23.6 Å². The summed E-state index contributed by atoms with van der Waals surface area (Å²) in [6.45, 7) is 3.27. The maximum atomic E-state index is 13.2. The summed E-state index contributed by atoms with van der Waals surface area (Å²) in [6, 6.07) is 11.2. The van der Waals surface area contributed by atoms with Crippen LogP contribution in [0.4, 0.5) is 23.0 Å². The summed E-state index contributed by atoms with van der Waals surface area (Å²) >= 11 is 0. The minimum atomic E-state index is -0.457. The zero-order valence-corrected chi connectivity index (χ0v) is 24.0. The number of nitro groups is 1. The van der Waals surface area contributed by atoms with Gasteiger partial charge in [0.2, 0.25) is 5.95 Å². The maximum absolute atomic E-state index is 13.2. The average molecular weight is 558 g/mol. The van der Waals surface area contributed by atoms with E-state index in [0.717, 1.165) is 47.8 Å². The molecule has 1 aliphatic rings. The number of hydrogen-bond donors (Lipinski definition) is 1. The zero-order chi connectivity index (χ0) is 29.3. The number of carbonyl (C=O) groups is 1. The van der Waals surface area contributed by atoms with Gasteiger partial charge in [0.05, 0.1) is 16.3 Å². The molecular weight excluding hydrogens is 522 g/mol. The van der Waals surface area contributed by atoms with E-state index >= 15 is 0 Å². The number of hydrogen-bond acceptors (Lipinski definition) is 9. The number of ether oxygens (including phenoxy) is 1. The molecule has 0 bridgehead atoms. The van der Waals surface area contributed by atoms with Gasteiger partial charge in [-0.2, -0.15) is 0 Å². The van der Waals surface area contributed by atoms with Crippen molar-refractivity contribution in [1.82, 2.24) is 19.4 Å². The predicted molar refractivity (Wildman–Crippen MR) is 160 cm³/mol. The van der Waals surface area contributed by atoms with Crippen molar-refractivity contribution in [1.29, 1.82) is 0 Å². The molecule has 214 valence electrons. The molecule has 0 aliphatic heterocycles. The lowest BCUT2D eigenvalue weighted by atomic mass is 9.96. The summed E-state index contributed by atoms with van der Waals surface area (Å²) in [6.07, 6.45) is 6.08. The first-order chi connectivity index (χ1) is 19.6. The first-order valence-corrected chi connectivity index (χ1v) is 13.7. The second-order valence-corrected chi connectivity index (χ2v) is 10.8. The average Bonchev–Trinajstić information content (AvgIpc) is 3.26. The molecule has 5 rings (SSSR count). The van der Waals surface area contributed by atoms with Crippen molar-refractivity contribution in [3.8, 4) is 11.3 Å². The molecule has 0 amide bonds. The fourth-order valence-electron chi connectivity index (χ4n) is 4.89. The Bertz CT molecular complexity index is 1610. The summed E-state index contributed by atoms with van der Waals surface area (Å²) in [5, 5.41) is 16.1. The normalized spacial score (nSPS) is 13.3. The van der Waals surface area contributed by atoms with E-state index < -0.39 is 5.97 Å². The van der Waals surface area contributed by atoms with Crippen LogP contribution >= 0.6 is 0 Å². The van der Waals surface area contributed by atoms with Crippen molar-refractivity contribution in [2.24, 2.45) is 7.05 Å². The molecule has 0 atom stereocenters. The zero-order valence-electron chi connectivity index (χ0n) is 24.0. The number of para-hydroxylation sites is 1. The Morgan fingerprint density at radius 2 is 1.95 bits per heavy atom. The van der Waals surface area contributed by atoms with Crippen molar-refractivity contribution < 1.29 is 14.5 Å². The molecule has 0 radical (unpaired) electrons. The van der Waals surface area contributed by atoms with Crippen molar-refractivity contribution >= 4 is 39.9 Å². The van der Waals surface area contributed by atoms with Gasteiger partial charge in [-0.05, 0) is 58.0 Å². The molecule has 1 N–H and O–H groups in total. The number of esters is 1. The maximum Gasteiger partial charge on any atom is 0.342 e. The van der Waals surface area contributed by atoms with Gasteiger partial charge in [0.15, 0.2) is 0 Å². The first-order valence-electron chi connectivity index (χ1n) is 13.7. The first kappa shape index (κ1) is 28.0. The Kier molecular flexibility index (Phi) is 7.89. The van der Waals surface area contributed by atoms with Gasteiger partial charge < -0.3 is 24.4 Å². The summed E-state index contributed by atoms with van der Waals surface area (Å²) in [5.74, 6) is -0.236. The monoisotopic (exact) mass is 557 g/mol. The van der Waals surface area contributed by atoms with Gasteiger partial charge >= 0.3 is 5.97 Å². The molecule has 2 aromatic carbocycles. The number of aromatic nitrogens is 3. The molecule has 41 heavy (non-hydrogen) atoms. The number of carbonyl (C=O) groups excluding carboxylic acids is 1. The summed E-state index contributed by atoms with van der Waals surface area (Å²) in [5.41, 5.74) is 4.31. The van der Waals surface area contributed by atoms with Gasteiger partial charge in [0.1, 0.15) is 17.4 Å². The van der Waals surface area contributed by atoms with Crippen molar-refractivity contribution in [2.45, 2.75) is 32.3 Å². The van der Waals surface area contributed by atoms with E-state index in [2.05, 4.69) is 10.3 Å². The minimum absolute atomic E-state index is 0.0191. The van der Waals surface area contributed by atoms with E-state index in [9.17, 15) is 14.9 Å². The van der Waals surface area contributed by atoms with Crippen LogP contribution in [0.2, 0.25) is 0 Å². The molecule has 11 heteroatoms. The highest BCUT2D eigenvalue weighted by Crippen LogP contribution is 2.36. The van der Waals surface area contributed by atoms with Crippen molar-refractivity contribution in [3.63, 3.8) is 0 Å². The molecule has 0 unspecified atom stereocenters. The van der Waals surface area contributed by atoms with Gasteiger partial charge in [0.25, 0.3) is 5.69 Å². The number of nitrogens with zero attached hydrogens (tertiary/aromatic N) is 6. The highest BCUT2D eigenvalue weighted by molar-refractivity contribution is 6.03. The quantitative estimate of drug-likeness (QED) is 0.157. The Labute approximate surface area is 238 Å². The smallest absolute Gasteiger partial charge is 0.342 e. The highest BCUT2D eigenvalue weighted by Gasteiger charge is 2.27. The van der Waals surface area contributed by atoms with Gasteiger partial charge in [-0.1, -0.05) is 18.2 Å². The second-order valence-electron chi connectivity index (χ2n) is 10.8. The number of fused-ring (bicyclic) bond motifs is 1. The molecule has 1 aliphatic carbocycles. The lowest BCUT2D eigenvalue weighted by Gasteiger charge is -2.25. The van der Waals surface area contributed by atoms with Crippen LogP contribution in [0.25, 0.3) is 22.2 Å². The Morgan fingerprint density at radius 1 is 1.20 bits per heavy atom. The van der Waals surface area contributed by atoms with Crippen LogP contribution in [0.15, 0.2) is 48.8 Å². The van der Waals surface area contributed by atoms with Crippen LogP contribution in [0, 0.1) is 17.0 Å². The third-order valence-corrected chi connectivity index (χ3v) is 7.55. The largest absolute Gasteiger partial charge is 0.459 e. The molecule has 2 heterocycles. The third-order valence-electron chi connectivity index (χ3n) is 7.55. The summed E-state index contributed by atoms with van der Waals surface area (Å²) in [7, 11) is 7.72. The Morgan fingerprint density at radius 3 is 2.63 bits per heavy atom. The molecule has 4 aromatic rings. The number of anilines is 3. The lowest BCUT2D eigenvalue weighted by molar-refractivity contribution is -0.384. The second kappa shape index (κ2) is 11.5. The standard InChI is InChI=1S/C30H35N7O4/c1-19-15-26(35(4)14-13-34(2)3)27(37(39)40)16-24(19)32-30-31-17-22(29(38)41-20-9-8-10-20)28(33-30)23-18-36(5)25-12-7-6-11-21(23)25/h6-7,11-12,15-18,20H,8-10,13-14H2,1-5H3,(H,31,32,33). The van der Waals surface area contributed by atoms with E-state index in [-0.39, 0.29) is 28.2 Å². The number of rotatable bonds is 10. The van der Waals surface area contributed by atoms with Crippen molar-refractivity contribution in [2.75, 3.05) is 44.4 Å². The topological polar surface area (TPSA) is 119 Å². The molecule has 0 spiro atoms. The number of aryl methyl sites for hydroxylation is 2. The fourth-order valence-corrected chi connectivity index (χ4v) is 4.89. The molecule has 2 aromatic heterocycles. The Hall–Kier alpha value is -4.51. The van der Waals surface area contributed by atoms with Crippen LogP contribution in [0.5, 0.6) is 0 Å². The predicted octanol–water partition coefficient (Wildman–Crippen LogP) is 5.30. The SMILES string of the molecule is Cc1cc(N(C)CCN(C)C)c([N+](=O)[O-])cc1Nc1ncc(C(=O)OC2CCC2)c(-c2cn(C)c3ccccc23)n1. The van der Waals surface area contributed by atoms with E-state index in [1.165, 1.54) is 12.3 Å². The van der Waals surface area contributed by atoms with Crippen LogP contribution in [-0.2, 0) is 11.8 Å². The molecule has 1 fully saturated rings. The van der Waals surface area contributed by atoms with E-state index in [1.807, 2.05) is 79.9 Å².